The number of methoxy groups -OCH3 is 1. The number of benzene rings is 3. The van der Waals surface area contributed by atoms with E-state index in [0.717, 1.165) is 18.2 Å². The lowest BCUT2D eigenvalue weighted by atomic mass is 10.0. The molecule has 234 valence electrons. The van der Waals surface area contributed by atoms with Gasteiger partial charge in [0, 0.05) is 42.7 Å². The number of nitrogens with zero attached hydrogens (tertiary/aromatic N) is 4. The number of rotatable bonds is 9. The summed E-state index contributed by atoms with van der Waals surface area (Å²) in [7, 11) is 1.29. The molecule has 0 aliphatic carbocycles. The Morgan fingerprint density at radius 1 is 1.04 bits per heavy atom. The van der Waals surface area contributed by atoms with Crippen LogP contribution in [0.25, 0.3) is 22.3 Å². The molecule has 1 saturated heterocycles. The van der Waals surface area contributed by atoms with Gasteiger partial charge in [0.15, 0.2) is 0 Å². The lowest BCUT2D eigenvalue weighted by Gasteiger charge is -2.16. The van der Waals surface area contributed by atoms with Crippen molar-refractivity contribution >= 4 is 17.0 Å². The third-order valence-electron chi connectivity index (χ3n) is 7.89. The molecule has 1 aliphatic rings. The minimum atomic E-state index is -0.713. The first-order valence-electron chi connectivity index (χ1n) is 14.5. The van der Waals surface area contributed by atoms with Crippen LogP contribution in [-0.4, -0.2) is 51.4 Å². The van der Waals surface area contributed by atoms with Crippen molar-refractivity contribution in [2.45, 2.75) is 38.1 Å². The van der Waals surface area contributed by atoms with Gasteiger partial charge in [-0.2, -0.15) is 5.26 Å². The molecule has 6 rings (SSSR count). The highest BCUT2D eigenvalue weighted by atomic mass is 19.1. The minimum Gasteiger partial charge on any atom is -0.473 e. The van der Waals surface area contributed by atoms with Crippen molar-refractivity contribution in [2.75, 3.05) is 13.7 Å². The molecule has 5 aromatic rings. The number of carbonyl (C=O) groups is 1. The molecule has 0 radical (unpaired) electrons. The molecular weight excluding hydrogens is 599 g/mol. The van der Waals surface area contributed by atoms with Gasteiger partial charge in [0.25, 0.3) is 0 Å². The van der Waals surface area contributed by atoms with Gasteiger partial charge in [-0.05, 0) is 60.5 Å². The van der Waals surface area contributed by atoms with Crippen LogP contribution in [0.3, 0.4) is 0 Å². The van der Waals surface area contributed by atoms with E-state index < -0.39 is 29.5 Å². The van der Waals surface area contributed by atoms with E-state index in [1.165, 1.54) is 31.4 Å². The zero-order valence-corrected chi connectivity index (χ0v) is 24.6. The summed E-state index contributed by atoms with van der Waals surface area (Å²) in [6.45, 7) is 0.647. The number of nitriles is 1. The molecule has 1 fully saturated rings. The smallest absolute Gasteiger partial charge is 0.337 e. The maximum atomic E-state index is 15.6. The summed E-state index contributed by atoms with van der Waals surface area (Å²) < 4.78 is 57.7. The number of pyridine rings is 1. The van der Waals surface area contributed by atoms with Gasteiger partial charge in [-0.25, -0.2) is 27.9 Å². The lowest BCUT2D eigenvalue weighted by molar-refractivity contribution is 0.0601. The number of β-amino-alcohol motifs (C(OH)–C–C–N with tert-alkyl or cyclic N) is 1. The van der Waals surface area contributed by atoms with Crippen LogP contribution >= 0.6 is 0 Å². The second kappa shape index (κ2) is 13.0. The van der Waals surface area contributed by atoms with E-state index in [4.69, 9.17) is 14.7 Å². The molecule has 3 aromatic carbocycles. The van der Waals surface area contributed by atoms with Crippen LogP contribution in [0.2, 0.25) is 0 Å². The van der Waals surface area contributed by atoms with Crippen molar-refractivity contribution in [1.82, 2.24) is 19.9 Å². The van der Waals surface area contributed by atoms with Crippen molar-refractivity contribution in [1.29, 1.82) is 5.26 Å². The average Bonchev–Trinajstić information content (AvgIpc) is 3.63. The molecule has 46 heavy (non-hydrogen) atoms. The number of fused-ring (bicyclic) bond motifs is 1. The van der Waals surface area contributed by atoms with Crippen molar-refractivity contribution < 1.29 is 32.5 Å². The average molecular weight is 628 g/mol. The number of esters is 1. The predicted molar refractivity (Wildman–Crippen MR) is 161 cm³/mol. The highest BCUT2D eigenvalue weighted by Crippen LogP contribution is 2.29. The molecule has 0 saturated carbocycles. The topological polar surface area (TPSA) is 122 Å². The molecular formula is C34H28F3N5O4. The Morgan fingerprint density at radius 2 is 1.87 bits per heavy atom. The van der Waals surface area contributed by atoms with Crippen molar-refractivity contribution in [3.05, 3.63) is 112 Å². The van der Waals surface area contributed by atoms with E-state index in [9.17, 15) is 14.3 Å². The number of nitrogens with one attached hydrogen (secondary N) is 1. The van der Waals surface area contributed by atoms with E-state index in [1.807, 2.05) is 10.6 Å². The Hall–Kier alpha value is -5.25. The quantitative estimate of drug-likeness (QED) is 0.218. The standard InChI is InChI=1S/C34H28F3N5O4/c1-45-34(44)20-7-8-30-31(11-20)42(17-23-13-24(43)16-39-23)32(40-30)12-22-10-28(37)25(14-27(22)36)29-3-2-4-33(41-29)46-18-21-6-5-19(15-38)9-26(21)35/h2-11,14,23-24,39,43H,12-13,16-18H2,1H3. The summed E-state index contributed by atoms with van der Waals surface area (Å²) in [5.74, 6) is -1.97. The Kier molecular flexibility index (Phi) is 8.70. The molecule has 2 N–H and O–H groups in total. The van der Waals surface area contributed by atoms with Gasteiger partial charge < -0.3 is 24.5 Å². The van der Waals surface area contributed by atoms with Crippen LogP contribution in [0, 0.1) is 28.8 Å². The maximum Gasteiger partial charge on any atom is 0.337 e. The molecule has 3 heterocycles. The normalized spacial score (nSPS) is 16.0. The van der Waals surface area contributed by atoms with Gasteiger partial charge in [-0.3, -0.25) is 0 Å². The Morgan fingerprint density at radius 3 is 2.61 bits per heavy atom. The number of carbonyl (C=O) groups excluding carboxylic acids is 1. The fourth-order valence-electron chi connectivity index (χ4n) is 5.53. The molecule has 2 aromatic heterocycles. The number of hydrogen-bond acceptors (Lipinski definition) is 8. The first kappa shape index (κ1) is 30.8. The number of halogens is 3. The van der Waals surface area contributed by atoms with Crippen molar-refractivity contribution in [3.8, 4) is 23.2 Å². The summed E-state index contributed by atoms with van der Waals surface area (Å²) in [5.41, 5.74) is 2.00. The number of imidazole rings is 1. The van der Waals surface area contributed by atoms with Crippen molar-refractivity contribution in [3.63, 3.8) is 0 Å². The summed E-state index contributed by atoms with van der Waals surface area (Å²) in [6.07, 6.45) is -0.0403. The van der Waals surface area contributed by atoms with E-state index in [2.05, 4.69) is 15.3 Å². The van der Waals surface area contributed by atoms with Crippen molar-refractivity contribution in [2.24, 2.45) is 0 Å². The van der Waals surface area contributed by atoms with Crippen LogP contribution in [0.4, 0.5) is 13.2 Å². The van der Waals surface area contributed by atoms with Crippen LogP contribution in [-0.2, 0) is 24.3 Å². The first-order valence-corrected chi connectivity index (χ1v) is 14.5. The van der Waals surface area contributed by atoms with Gasteiger partial charge >= 0.3 is 5.97 Å². The lowest BCUT2D eigenvalue weighted by Crippen LogP contribution is -2.27. The zero-order valence-electron chi connectivity index (χ0n) is 24.6. The Bertz CT molecular complexity index is 1990. The van der Waals surface area contributed by atoms with Gasteiger partial charge in [-0.1, -0.05) is 12.1 Å². The molecule has 0 spiro atoms. The van der Waals surface area contributed by atoms with Gasteiger partial charge in [0.05, 0.1) is 47.1 Å². The third kappa shape index (κ3) is 6.42. The summed E-state index contributed by atoms with van der Waals surface area (Å²) in [4.78, 5) is 21.2. The number of aliphatic hydroxyl groups excluding tert-OH is 1. The number of ether oxygens (including phenoxy) is 2. The van der Waals surface area contributed by atoms with Crippen LogP contribution < -0.4 is 10.1 Å². The third-order valence-corrected chi connectivity index (χ3v) is 7.89. The largest absolute Gasteiger partial charge is 0.473 e. The zero-order chi connectivity index (χ0) is 32.4. The monoisotopic (exact) mass is 627 g/mol. The SMILES string of the molecule is COC(=O)c1ccc2nc(Cc3cc(F)c(-c4cccc(OCc5ccc(C#N)cc5F)n4)cc3F)n(CC3CC(O)CN3)c2c1. The van der Waals surface area contributed by atoms with E-state index in [-0.39, 0.29) is 52.9 Å². The minimum absolute atomic E-state index is 0.0483. The molecule has 0 bridgehead atoms. The second-order valence-electron chi connectivity index (χ2n) is 11.0. The Labute approximate surface area is 261 Å². The highest BCUT2D eigenvalue weighted by Gasteiger charge is 2.25. The van der Waals surface area contributed by atoms with Crippen LogP contribution in [0.5, 0.6) is 5.88 Å². The van der Waals surface area contributed by atoms with E-state index >= 15 is 8.78 Å². The number of hydrogen-bond donors (Lipinski definition) is 2. The molecule has 0 amide bonds. The number of aromatic nitrogens is 3. The fourth-order valence-corrected chi connectivity index (χ4v) is 5.53. The van der Waals surface area contributed by atoms with Crippen LogP contribution in [0.1, 0.15) is 39.3 Å². The first-order chi connectivity index (χ1) is 22.2. The highest BCUT2D eigenvalue weighted by molar-refractivity contribution is 5.93. The van der Waals surface area contributed by atoms with E-state index in [0.29, 0.717) is 41.9 Å². The number of aliphatic hydroxyl groups is 1. The Balaban J connectivity index is 1.27. The summed E-state index contributed by atoms with van der Waals surface area (Å²) in [6, 6.07) is 17.5. The molecule has 9 nitrogen and oxygen atoms in total. The molecule has 1 aliphatic heterocycles. The maximum absolute atomic E-state index is 15.6. The summed E-state index contributed by atoms with van der Waals surface area (Å²) in [5, 5.41) is 22.2. The molecule has 2 atom stereocenters. The van der Waals surface area contributed by atoms with Crippen LogP contribution in [0.15, 0.2) is 66.7 Å². The summed E-state index contributed by atoms with van der Waals surface area (Å²) >= 11 is 0. The second-order valence-corrected chi connectivity index (χ2v) is 11.0. The fraction of sp³-hybridized carbons (Fsp3) is 0.235. The van der Waals surface area contributed by atoms with Gasteiger partial charge in [0.2, 0.25) is 5.88 Å². The molecule has 12 heteroatoms. The molecule has 2 unspecified atom stereocenters. The van der Waals surface area contributed by atoms with Gasteiger partial charge in [-0.15, -0.1) is 0 Å². The van der Waals surface area contributed by atoms with Gasteiger partial charge in [0.1, 0.15) is 29.9 Å². The predicted octanol–water partition coefficient (Wildman–Crippen LogP) is 5.07. The van der Waals surface area contributed by atoms with E-state index in [1.54, 1.807) is 24.3 Å².